The number of nitrogens with two attached hydrogens (primary N) is 1. The molecule has 0 aromatic carbocycles. The molecule has 0 spiro atoms. The van der Waals surface area contributed by atoms with Crippen molar-refractivity contribution in [1.82, 2.24) is 0 Å². The van der Waals surface area contributed by atoms with Gasteiger partial charge in [0.1, 0.15) is 16.9 Å². The lowest BCUT2D eigenvalue weighted by Gasteiger charge is -2.39. The fraction of sp³-hybridized carbons (Fsp3) is 0.400. The van der Waals surface area contributed by atoms with Crippen molar-refractivity contribution in [2.75, 3.05) is 4.90 Å². The first-order valence-electron chi connectivity index (χ1n) is 11.1. The number of anilines is 1. The Balaban J connectivity index is 1.76. The molecule has 0 radical (unpaired) electrons. The normalized spacial score (nSPS) is 21.0. The third kappa shape index (κ3) is 3.11. The molecule has 1 unspecified atom stereocenters. The minimum atomic E-state index is -0.414. The first-order valence-corrected chi connectivity index (χ1v) is 12.8. The van der Waals surface area contributed by atoms with Crippen molar-refractivity contribution in [2.24, 2.45) is 5.73 Å². The van der Waals surface area contributed by atoms with E-state index >= 15 is 0 Å². The number of nitrogens with zero attached hydrogens (tertiary/aromatic N) is 3. The maximum absolute atomic E-state index is 13.3. The molecule has 7 heteroatoms. The molecule has 1 aliphatic heterocycles. The smallest absolute Gasteiger partial charge is 0.161 e. The van der Waals surface area contributed by atoms with Crippen molar-refractivity contribution in [2.45, 2.75) is 64.2 Å². The van der Waals surface area contributed by atoms with E-state index in [2.05, 4.69) is 12.1 Å². The average Bonchev–Trinajstić information content (AvgIpc) is 3.27. The standard InChI is InChI=1S/C25H24N4OS2/c1-14-10-11-31-23(14)21-17(13-27)24(28)29(18-7-5-8-19(30)22(18)21)25-16(12-26)15-6-3-2-4-9-20(15)32-25/h10-11,21H,2-9,28H2,1H3. The molecule has 3 heterocycles. The Hall–Kier alpha value is -2.87. The van der Waals surface area contributed by atoms with Crippen molar-refractivity contribution in [1.29, 1.82) is 10.5 Å². The minimum absolute atomic E-state index is 0.0888. The van der Waals surface area contributed by atoms with E-state index in [9.17, 15) is 15.3 Å². The lowest BCUT2D eigenvalue weighted by molar-refractivity contribution is -0.116. The molecule has 0 saturated carbocycles. The summed E-state index contributed by atoms with van der Waals surface area (Å²) in [5.74, 6) is 0.0416. The molecule has 2 N–H and O–H groups in total. The molecule has 2 aromatic heterocycles. The van der Waals surface area contributed by atoms with Crippen LogP contribution in [0, 0.1) is 29.6 Å². The molecule has 2 aromatic rings. The quantitative estimate of drug-likeness (QED) is 0.592. The van der Waals surface area contributed by atoms with Gasteiger partial charge >= 0.3 is 0 Å². The zero-order chi connectivity index (χ0) is 22.4. The second-order valence-corrected chi connectivity index (χ2v) is 10.7. The fourth-order valence-electron chi connectivity index (χ4n) is 5.26. The summed E-state index contributed by atoms with van der Waals surface area (Å²) < 4.78 is 0. The highest BCUT2D eigenvalue weighted by atomic mass is 32.1. The zero-order valence-electron chi connectivity index (χ0n) is 18.0. The highest BCUT2D eigenvalue weighted by Crippen LogP contribution is 2.51. The van der Waals surface area contributed by atoms with E-state index < -0.39 is 5.92 Å². The maximum atomic E-state index is 13.3. The molecule has 0 bridgehead atoms. The lowest BCUT2D eigenvalue weighted by atomic mass is 9.77. The van der Waals surface area contributed by atoms with Crippen LogP contribution in [0.25, 0.3) is 0 Å². The summed E-state index contributed by atoms with van der Waals surface area (Å²) in [5, 5.41) is 23.1. The molecule has 0 saturated heterocycles. The topological polar surface area (TPSA) is 93.9 Å². The van der Waals surface area contributed by atoms with Gasteiger partial charge in [-0.2, -0.15) is 10.5 Å². The van der Waals surface area contributed by atoms with Crippen LogP contribution in [0.3, 0.4) is 0 Å². The van der Waals surface area contributed by atoms with Crippen LogP contribution in [0.2, 0.25) is 0 Å². The summed E-state index contributed by atoms with van der Waals surface area (Å²) in [6.45, 7) is 2.01. The first-order chi connectivity index (χ1) is 15.6. The van der Waals surface area contributed by atoms with E-state index in [1.54, 1.807) is 22.7 Å². The second-order valence-electron chi connectivity index (χ2n) is 8.64. The van der Waals surface area contributed by atoms with Gasteiger partial charge in [-0.25, -0.2) is 0 Å². The van der Waals surface area contributed by atoms with Gasteiger partial charge in [0.2, 0.25) is 0 Å². The highest BCUT2D eigenvalue weighted by Gasteiger charge is 2.42. The summed E-state index contributed by atoms with van der Waals surface area (Å²) >= 11 is 3.19. The Bertz CT molecular complexity index is 1260. The molecule has 3 aliphatic rings. The van der Waals surface area contributed by atoms with Gasteiger partial charge in [0.15, 0.2) is 5.78 Å². The second kappa shape index (κ2) is 8.24. The van der Waals surface area contributed by atoms with E-state index in [0.717, 1.165) is 65.2 Å². The van der Waals surface area contributed by atoms with Crippen LogP contribution in [0.4, 0.5) is 5.00 Å². The number of fused-ring (bicyclic) bond motifs is 1. The number of carbonyl (C=O) groups is 1. The number of nitriles is 2. The predicted octanol–water partition coefficient (Wildman–Crippen LogP) is 5.56. The van der Waals surface area contributed by atoms with Crippen molar-refractivity contribution in [3.63, 3.8) is 0 Å². The van der Waals surface area contributed by atoms with Gasteiger partial charge in [-0.05, 0) is 68.0 Å². The molecule has 2 aliphatic carbocycles. The van der Waals surface area contributed by atoms with Gasteiger partial charge in [-0.3, -0.25) is 9.69 Å². The maximum Gasteiger partial charge on any atom is 0.161 e. The van der Waals surface area contributed by atoms with Crippen LogP contribution in [-0.2, 0) is 17.6 Å². The highest BCUT2D eigenvalue weighted by molar-refractivity contribution is 7.16. The summed E-state index contributed by atoms with van der Waals surface area (Å²) in [7, 11) is 0. The van der Waals surface area contributed by atoms with E-state index in [0.29, 0.717) is 29.0 Å². The molecule has 5 nitrogen and oxygen atoms in total. The van der Waals surface area contributed by atoms with Crippen molar-refractivity contribution >= 4 is 33.5 Å². The van der Waals surface area contributed by atoms with E-state index in [1.165, 1.54) is 11.3 Å². The van der Waals surface area contributed by atoms with Gasteiger partial charge in [-0.15, -0.1) is 22.7 Å². The van der Waals surface area contributed by atoms with E-state index in [4.69, 9.17) is 5.73 Å². The molecule has 32 heavy (non-hydrogen) atoms. The molecule has 162 valence electrons. The number of allylic oxidation sites excluding steroid dienone is 3. The number of carbonyl (C=O) groups excluding carboxylic acids is 1. The Labute approximate surface area is 196 Å². The molecule has 0 amide bonds. The molecular weight excluding hydrogens is 436 g/mol. The van der Waals surface area contributed by atoms with Gasteiger partial charge in [0, 0.05) is 27.4 Å². The molecule has 0 fully saturated rings. The number of hydrogen-bond acceptors (Lipinski definition) is 7. The average molecular weight is 461 g/mol. The molecule has 5 rings (SSSR count). The van der Waals surface area contributed by atoms with Gasteiger partial charge in [-0.1, -0.05) is 6.42 Å². The van der Waals surface area contributed by atoms with Gasteiger partial charge in [0.25, 0.3) is 0 Å². The molecular formula is C25H24N4OS2. The number of ketones is 1. The summed E-state index contributed by atoms with van der Waals surface area (Å²) in [6.07, 6.45) is 7.22. The van der Waals surface area contributed by atoms with Crippen molar-refractivity contribution in [3.8, 4) is 12.1 Å². The van der Waals surface area contributed by atoms with Crippen LogP contribution in [0.1, 0.15) is 70.9 Å². The van der Waals surface area contributed by atoms with Crippen molar-refractivity contribution in [3.05, 3.63) is 60.6 Å². The number of rotatable bonds is 2. The van der Waals surface area contributed by atoms with Gasteiger partial charge in [0.05, 0.1) is 23.1 Å². The van der Waals surface area contributed by atoms with E-state index in [1.807, 2.05) is 23.3 Å². The Morgan fingerprint density at radius 3 is 2.62 bits per heavy atom. The summed E-state index contributed by atoms with van der Waals surface area (Å²) in [6, 6.07) is 6.80. The monoisotopic (exact) mass is 460 g/mol. The number of aryl methyl sites for hydroxylation is 2. The lowest BCUT2D eigenvalue weighted by Crippen LogP contribution is -2.38. The Morgan fingerprint density at radius 1 is 1.09 bits per heavy atom. The number of thiophene rings is 2. The summed E-state index contributed by atoms with van der Waals surface area (Å²) in [4.78, 5) is 17.4. The SMILES string of the molecule is Cc1ccsc1C1C(C#N)=C(N)N(c2sc3c(c2C#N)CCCCC3)C2=C1C(=O)CCC2. The summed E-state index contributed by atoms with van der Waals surface area (Å²) in [5.41, 5.74) is 11.6. The van der Waals surface area contributed by atoms with Crippen molar-refractivity contribution < 1.29 is 4.79 Å². The van der Waals surface area contributed by atoms with E-state index in [-0.39, 0.29) is 5.78 Å². The Morgan fingerprint density at radius 2 is 1.91 bits per heavy atom. The van der Waals surface area contributed by atoms with Crippen LogP contribution in [0.5, 0.6) is 0 Å². The third-order valence-electron chi connectivity index (χ3n) is 6.79. The largest absolute Gasteiger partial charge is 0.384 e. The van der Waals surface area contributed by atoms with Gasteiger partial charge < -0.3 is 5.73 Å². The number of Topliss-reactive ketones (excluding diaryl/α,β-unsaturated/α-hetero) is 1. The van der Waals surface area contributed by atoms with Crippen LogP contribution in [0.15, 0.2) is 34.1 Å². The number of hydrogen-bond donors (Lipinski definition) is 1. The van der Waals surface area contributed by atoms with Crippen LogP contribution < -0.4 is 10.6 Å². The first kappa shape index (κ1) is 21.0. The minimum Gasteiger partial charge on any atom is -0.384 e. The zero-order valence-corrected chi connectivity index (χ0v) is 19.7. The van der Waals surface area contributed by atoms with Crippen LogP contribution >= 0.6 is 22.7 Å². The Kier molecular flexibility index (Phi) is 5.41. The van der Waals surface area contributed by atoms with Crippen LogP contribution in [-0.4, -0.2) is 5.78 Å². The third-order valence-corrected chi connectivity index (χ3v) is 9.16. The molecule has 1 atom stereocenters. The fourth-order valence-corrected chi connectivity index (χ4v) is 7.68. The predicted molar refractivity (Wildman–Crippen MR) is 127 cm³/mol.